The van der Waals surface area contributed by atoms with Gasteiger partial charge in [0, 0.05) is 6.07 Å². The van der Waals surface area contributed by atoms with E-state index in [0.717, 1.165) is 12.0 Å². The quantitative estimate of drug-likeness (QED) is 0.658. The lowest BCUT2D eigenvalue weighted by Gasteiger charge is -2.06. The summed E-state index contributed by atoms with van der Waals surface area (Å²) in [6.45, 7) is 1.93. The number of anilines is 1. The van der Waals surface area contributed by atoms with Crippen LogP contribution in [-0.2, 0) is 17.6 Å². The highest BCUT2D eigenvalue weighted by Gasteiger charge is 2.11. The van der Waals surface area contributed by atoms with E-state index in [9.17, 15) is 4.79 Å². The van der Waals surface area contributed by atoms with E-state index in [2.05, 4.69) is 34.6 Å². The number of methoxy groups -OCH3 is 1. The lowest BCUT2D eigenvalue weighted by atomic mass is 10.1. The van der Waals surface area contributed by atoms with Crippen LogP contribution in [0, 0.1) is 0 Å². The van der Waals surface area contributed by atoms with E-state index < -0.39 is 0 Å². The highest BCUT2D eigenvalue weighted by atomic mass is 16.5. The molecule has 0 aliphatic carbocycles. The second-order valence-electron chi connectivity index (χ2n) is 5.86. The Hall–Kier alpha value is -3.35. The van der Waals surface area contributed by atoms with Crippen molar-refractivity contribution < 1.29 is 18.7 Å². The number of carbonyl (C=O) groups is 1. The topological polar surface area (TPSA) is 86.5 Å². The Balaban J connectivity index is 1.51. The maximum absolute atomic E-state index is 12.0. The van der Waals surface area contributed by atoms with E-state index >= 15 is 0 Å². The largest absolute Gasteiger partial charge is 0.497 e. The summed E-state index contributed by atoms with van der Waals surface area (Å²) in [5.41, 5.74) is 2.34. The number of aryl methyl sites for hydroxylation is 1. The summed E-state index contributed by atoms with van der Waals surface area (Å²) in [5.74, 6) is 1.23. The number of ether oxygens (including phenoxy) is 2. The van der Waals surface area contributed by atoms with Crippen LogP contribution in [0.25, 0.3) is 0 Å². The van der Waals surface area contributed by atoms with Gasteiger partial charge in [-0.15, -0.1) is 5.10 Å². The van der Waals surface area contributed by atoms with Crippen molar-refractivity contribution in [2.45, 2.75) is 19.8 Å². The molecular formula is C20H21N3O4. The van der Waals surface area contributed by atoms with E-state index in [-0.39, 0.29) is 18.5 Å². The van der Waals surface area contributed by atoms with Gasteiger partial charge in [0.2, 0.25) is 5.89 Å². The van der Waals surface area contributed by atoms with Gasteiger partial charge in [0.25, 0.3) is 5.91 Å². The standard InChI is InChI=1S/C20H21N3O4/c1-3-14-7-9-15(10-8-14)11-19-22-23-20(27-19)21-18(24)13-26-17-6-4-5-16(12-17)25-2/h4-10,12H,3,11,13H2,1-2H3,(H,21,23,24). The maximum atomic E-state index is 12.0. The number of hydrogen-bond donors (Lipinski definition) is 1. The van der Waals surface area contributed by atoms with Gasteiger partial charge in [0.15, 0.2) is 6.61 Å². The molecular weight excluding hydrogens is 346 g/mol. The summed E-state index contributed by atoms with van der Waals surface area (Å²) in [6.07, 6.45) is 1.50. The number of carbonyl (C=O) groups excluding carboxylic acids is 1. The van der Waals surface area contributed by atoms with Gasteiger partial charge in [0.05, 0.1) is 13.5 Å². The van der Waals surface area contributed by atoms with Crippen molar-refractivity contribution in [3.8, 4) is 11.5 Å². The van der Waals surface area contributed by atoms with Crippen LogP contribution in [0.2, 0.25) is 0 Å². The second kappa shape index (κ2) is 8.84. The lowest BCUT2D eigenvalue weighted by Crippen LogP contribution is -2.20. The van der Waals surface area contributed by atoms with Gasteiger partial charge in [-0.05, 0) is 29.7 Å². The van der Waals surface area contributed by atoms with Crippen molar-refractivity contribution >= 4 is 11.9 Å². The van der Waals surface area contributed by atoms with Crippen molar-refractivity contribution in [2.24, 2.45) is 0 Å². The maximum Gasteiger partial charge on any atom is 0.322 e. The molecule has 7 heteroatoms. The van der Waals surface area contributed by atoms with Crippen molar-refractivity contribution in [1.82, 2.24) is 10.2 Å². The fraction of sp³-hybridized carbons (Fsp3) is 0.250. The van der Waals surface area contributed by atoms with E-state index in [1.165, 1.54) is 5.56 Å². The van der Waals surface area contributed by atoms with Crippen molar-refractivity contribution in [2.75, 3.05) is 19.0 Å². The summed E-state index contributed by atoms with van der Waals surface area (Å²) in [6, 6.07) is 15.3. The van der Waals surface area contributed by atoms with Crippen LogP contribution < -0.4 is 14.8 Å². The predicted octanol–water partition coefficient (Wildman–Crippen LogP) is 3.25. The Morgan fingerprint density at radius 1 is 1.07 bits per heavy atom. The number of aromatic nitrogens is 2. The van der Waals surface area contributed by atoms with Gasteiger partial charge < -0.3 is 13.9 Å². The molecule has 0 aliphatic heterocycles. The highest BCUT2D eigenvalue weighted by molar-refractivity contribution is 5.89. The van der Waals surface area contributed by atoms with Crippen LogP contribution in [0.4, 0.5) is 6.01 Å². The molecule has 1 heterocycles. The molecule has 7 nitrogen and oxygen atoms in total. The van der Waals surface area contributed by atoms with Gasteiger partial charge in [-0.25, -0.2) is 0 Å². The van der Waals surface area contributed by atoms with Crippen LogP contribution in [0.5, 0.6) is 11.5 Å². The van der Waals surface area contributed by atoms with Crippen LogP contribution in [0.3, 0.4) is 0 Å². The van der Waals surface area contributed by atoms with Gasteiger partial charge in [-0.3, -0.25) is 10.1 Å². The van der Waals surface area contributed by atoms with E-state index in [0.29, 0.717) is 23.8 Å². The first-order chi connectivity index (χ1) is 13.2. The zero-order valence-corrected chi connectivity index (χ0v) is 15.3. The Kier molecular flexibility index (Phi) is 6.04. The minimum Gasteiger partial charge on any atom is -0.497 e. The minimum absolute atomic E-state index is 0.0504. The molecule has 0 unspecified atom stereocenters. The molecule has 2 aromatic carbocycles. The van der Waals surface area contributed by atoms with Gasteiger partial charge in [0.1, 0.15) is 11.5 Å². The summed E-state index contributed by atoms with van der Waals surface area (Å²) >= 11 is 0. The Labute approximate surface area is 157 Å². The zero-order chi connectivity index (χ0) is 19.1. The van der Waals surface area contributed by atoms with Crippen LogP contribution >= 0.6 is 0 Å². The monoisotopic (exact) mass is 367 g/mol. The Bertz CT molecular complexity index is 890. The SMILES string of the molecule is CCc1ccc(Cc2nnc(NC(=O)COc3cccc(OC)c3)o2)cc1. The highest BCUT2D eigenvalue weighted by Crippen LogP contribution is 2.19. The molecule has 3 aromatic rings. The normalized spacial score (nSPS) is 10.4. The number of rotatable bonds is 8. The third kappa shape index (κ3) is 5.31. The van der Waals surface area contributed by atoms with Crippen LogP contribution in [0.15, 0.2) is 52.9 Å². The van der Waals surface area contributed by atoms with Crippen LogP contribution in [0.1, 0.15) is 23.9 Å². The number of nitrogens with zero attached hydrogens (tertiary/aromatic N) is 2. The molecule has 0 atom stereocenters. The first-order valence-electron chi connectivity index (χ1n) is 8.63. The van der Waals surface area contributed by atoms with Gasteiger partial charge >= 0.3 is 6.01 Å². The molecule has 1 N–H and O–H groups in total. The summed E-state index contributed by atoms with van der Waals surface area (Å²) in [4.78, 5) is 12.0. The smallest absolute Gasteiger partial charge is 0.322 e. The van der Waals surface area contributed by atoms with Gasteiger partial charge in [-0.2, -0.15) is 0 Å². The average molecular weight is 367 g/mol. The lowest BCUT2D eigenvalue weighted by molar-refractivity contribution is -0.118. The van der Waals surface area contributed by atoms with E-state index in [1.807, 2.05) is 12.1 Å². The summed E-state index contributed by atoms with van der Waals surface area (Å²) in [5, 5.41) is 10.3. The number of benzene rings is 2. The third-order valence-corrected chi connectivity index (χ3v) is 3.91. The molecule has 3 rings (SSSR count). The molecule has 0 saturated carbocycles. The molecule has 0 bridgehead atoms. The van der Waals surface area contributed by atoms with Crippen molar-refractivity contribution in [3.63, 3.8) is 0 Å². The first kappa shape index (κ1) is 18.4. The van der Waals surface area contributed by atoms with Crippen molar-refractivity contribution in [1.29, 1.82) is 0 Å². The van der Waals surface area contributed by atoms with Crippen LogP contribution in [-0.4, -0.2) is 29.8 Å². The van der Waals surface area contributed by atoms with E-state index in [1.54, 1.807) is 31.4 Å². The molecule has 0 fully saturated rings. The molecule has 0 aliphatic rings. The summed E-state index contributed by atoms with van der Waals surface area (Å²) in [7, 11) is 1.57. The van der Waals surface area contributed by atoms with Crippen molar-refractivity contribution in [3.05, 3.63) is 65.5 Å². The third-order valence-electron chi connectivity index (χ3n) is 3.91. The predicted molar refractivity (Wildman–Crippen MR) is 100 cm³/mol. The second-order valence-corrected chi connectivity index (χ2v) is 5.86. The number of amides is 1. The first-order valence-corrected chi connectivity index (χ1v) is 8.63. The molecule has 140 valence electrons. The molecule has 1 aromatic heterocycles. The number of nitrogens with one attached hydrogen (secondary N) is 1. The molecule has 27 heavy (non-hydrogen) atoms. The van der Waals surface area contributed by atoms with Gasteiger partial charge in [-0.1, -0.05) is 42.4 Å². The molecule has 0 spiro atoms. The summed E-state index contributed by atoms with van der Waals surface area (Å²) < 4.78 is 16.0. The fourth-order valence-corrected chi connectivity index (χ4v) is 2.44. The molecule has 0 saturated heterocycles. The minimum atomic E-state index is -0.389. The average Bonchev–Trinajstić information content (AvgIpc) is 3.13. The zero-order valence-electron chi connectivity index (χ0n) is 15.3. The molecule has 0 radical (unpaired) electrons. The molecule has 1 amide bonds. The Morgan fingerprint density at radius 3 is 2.56 bits per heavy atom. The Morgan fingerprint density at radius 2 is 1.81 bits per heavy atom. The fourth-order valence-electron chi connectivity index (χ4n) is 2.44. The number of hydrogen-bond acceptors (Lipinski definition) is 6. The van der Waals surface area contributed by atoms with E-state index in [4.69, 9.17) is 13.9 Å².